The van der Waals surface area contributed by atoms with Crippen LogP contribution in [0, 0.1) is 5.92 Å². The molecule has 2 aliphatic rings. The number of likely N-dealkylation sites (tertiary alicyclic amines) is 1. The summed E-state index contributed by atoms with van der Waals surface area (Å²) in [6, 6.07) is 0.228. The van der Waals surface area contributed by atoms with Crippen LogP contribution in [0.5, 0.6) is 0 Å². The molecule has 0 radical (unpaired) electrons. The lowest BCUT2D eigenvalue weighted by molar-refractivity contribution is 0.0873. The number of hydrogen-bond donors (Lipinski definition) is 2. The smallest absolute Gasteiger partial charge is 0.291 e. The molecular weight excluding hydrogens is 242 g/mol. The molecule has 6 nitrogen and oxygen atoms in total. The van der Waals surface area contributed by atoms with Crippen molar-refractivity contribution in [2.45, 2.75) is 38.1 Å². The van der Waals surface area contributed by atoms with Crippen molar-refractivity contribution in [3.05, 3.63) is 11.6 Å². The fraction of sp³-hybridized carbons (Fsp3) is 0.769. The highest BCUT2D eigenvalue weighted by molar-refractivity contribution is 5.90. The summed E-state index contributed by atoms with van der Waals surface area (Å²) in [5.41, 5.74) is 0. The Labute approximate surface area is 113 Å². The minimum atomic E-state index is -0.149. The Kier molecular flexibility index (Phi) is 3.26. The van der Waals surface area contributed by atoms with E-state index >= 15 is 0 Å². The van der Waals surface area contributed by atoms with Crippen LogP contribution in [0.4, 0.5) is 0 Å². The van der Waals surface area contributed by atoms with E-state index < -0.39 is 0 Å². The van der Waals surface area contributed by atoms with Crippen molar-refractivity contribution in [2.24, 2.45) is 5.92 Å². The minimum Gasteiger partial charge on any atom is -0.346 e. The highest BCUT2D eigenvalue weighted by Crippen LogP contribution is 2.37. The zero-order chi connectivity index (χ0) is 13.4. The summed E-state index contributed by atoms with van der Waals surface area (Å²) in [4.78, 5) is 18.7. The van der Waals surface area contributed by atoms with Crippen LogP contribution in [-0.4, -0.2) is 52.2 Å². The number of aromatic nitrogens is 3. The molecule has 1 aromatic heterocycles. The van der Waals surface area contributed by atoms with Gasteiger partial charge in [0.25, 0.3) is 5.91 Å². The van der Waals surface area contributed by atoms with Crippen LogP contribution < -0.4 is 5.32 Å². The summed E-state index contributed by atoms with van der Waals surface area (Å²) < 4.78 is 0. The SMILES string of the molecule is CC1CN(C)CCC1NC(=O)c1n[nH]c(C2CC2)n1. The predicted octanol–water partition coefficient (Wildman–Crippen LogP) is 0.752. The van der Waals surface area contributed by atoms with Gasteiger partial charge in [0.15, 0.2) is 0 Å². The van der Waals surface area contributed by atoms with E-state index in [2.05, 4.69) is 39.4 Å². The molecule has 1 aliphatic heterocycles. The van der Waals surface area contributed by atoms with Gasteiger partial charge in [0.1, 0.15) is 5.82 Å². The highest BCUT2D eigenvalue weighted by Gasteiger charge is 2.30. The maximum atomic E-state index is 12.1. The third-order valence-electron chi connectivity index (χ3n) is 4.09. The Morgan fingerprint density at radius 1 is 1.42 bits per heavy atom. The van der Waals surface area contributed by atoms with Crippen molar-refractivity contribution in [3.63, 3.8) is 0 Å². The van der Waals surface area contributed by atoms with Gasteiger partial charge in [-0.2, -0.15) is 0 Å². The van der Waals surface area contributed by atoms with E-state index in [-0.39, 0.29) is 17.8 Å². The van der Waals surface area contributed by atoms with E-state index in [4.69, 9.17) is 0 Å². The van der Waals surface area contributed by atoms with E-state index in [1.165, 1.54) is 0 Å². The predicted molar refractivity (Wildman–Crippen MR) is 70.9 cm³/mol. The molecule has 19 heavy (non-hydrogen) atoms. The quantitative estimate of drug-likeness (QED) is 0.844. The second-order valence-corrected chi connectivity index (χ2v) is 5.93. The number of H-pyrrole nitrogens is 1. The summed E-state index contributed by atoms with van der Waals surface area (Å²) in [5, 5.41) is 9.97. The van der Waals surface area contributed by atoms with E-state index in [1.54, 1.807) is 0 Å². The summed E-state index contributed by atoms with van der Waals surface area (Å²) in [5.74, 6) is 1.96. The van der Waals surface area contributed by atoms with Gasteiger partial charge in [0.05, 0.1) is 0 Å². The largest absolute Gasteiger partial charge is 0.346 e. The third kappa shape index (κ3) is 2.78. The monoisotopic (exact) mass is 263 g/mol. The van der Waals surface area contributed by atoms with Crippen LogP contribution in [0.25, 0.3) is 0 Å². The molecule has 0 bridgehead atoms. The Morgan fingerprint density at radius 3 is 2.89 bits per heavy atom. The second kappa shape index (κ2) is 4.92. The van der Waals surface area contributed by atoms with E-state index in [1.807, 2.05) is 0 Å². The zero-order valence-electron chi connectivity index (χ0n) is 11.5. The van der Waals surface area contributed by atoms with Crippen molar-refractivity contribution in [3.8, 4) is 0 Å². The van der Waals surface area contributed by atoms with Gasteiger partial charge < -0.3 is 10.2 Å². The van der Waals surface area contributed by atoms with Gasteiger partial charge in [-0.1, -0.05) is 6.92 Å². The van der Waals surface area contributed by atoms with Gasteiger partial charge in [-0.25, -0.2) is 4.98 Å². The molecule has 104 valence electrons. The molecule has 1 saturated heterocycles. The lowest BCUT2D eigenvalue weighted by atomic mass is 9.94. The summed E-state index contributed by atoms with van der Waals surface area (Å²) in [6.07, 6.45) is 3.30. The first-order valence-corrected chi connectivity index (χ1v) is 7.05. The Hall–Kier alpha value is -1.43. The summed E-state index contributed by atoms with van der Waals surface area (Å²) in [6.45, 7) is 4.22. The molecule has 2 N–H and O–H groups in total. The Bertz CT molecular complexity index is 467. The molecule has 2 atom stereocenters. The van der Waals surface area contributed by atoms with Crippen LogP contribution in [0.1, 0.15) is 48.5 Å². The standard InChI is InChI=1S/C13H21N5O/c1-8-7-18(2)6-5-10(8)14-13(19)12-15-11(16-17-12)9-3-4-9/h8-10H,3-7H2,1-2H3,(H,14,19)(H,15,16,17). The van der Waals surface area contributed by atoms with E-state index in [9.17, 15) is 4.79 Å². The average Bonchev–Trinajstić information content (AvgIpc) is 3.10. The maximum absolute atomic E-state index is 12.1. The van der Waals surface area contributed by atoms with Gasteiger partial charge in [-0.05, 0) is 38.8 Å². The second-order valence-electron chi connectivity index (χ2n) is 5.93. The minimum absolute atomic E-state index is 0.149. The van der Waals surface area contributed by atoms with Crippen molar-refractivity contribution in [2.75, 3.05) is 20.1 Å². The van der Waals surface area contributed by atoms with Gasteiger partial charge >= 0.3 is 0 Å². The average molecular weight is 263 g/mol. The van der Waals surface area contributed by atoms with Crippen LogP contribution >= 0.6 is 0 Å². The molecule has 1 aromatic rings. The molecule has 1 saturated carbocycles. The lowest BCUT2D eigenvalue weighted by Gasteiger charge is -2.34. The Balaban J connectivity index is 1.60. The topological polar surface area (TPSA) is 73.9 Å². The fourth-order valence-corrected chi connectivity index (χ4v) is 2.72. The van der Waals surface area contributed by atoms with Crippen LogP contribution in [-0.2, 0) is 0 Å². The van der Waals surface area contributed by atoms with Crippen molar-refractivity contribution in [1.82, 2.24) is 25.4 Å². The summed E-state index contributed by atoms with van der Waals surface area (Å²) >= 11 is 0. The van der Waals surface area contributed by atoms with Gasteiger partial charge in [0.2, 0.25) is 5.82 Å². The van der Waals surface area contributed by atoms with Crippen molar-refractivity contribution >= 4 is 5.91 Å². The van der Waals surface area contributed by atoms with Gasteiger partial charge in [0, 0.05) is 18.5 Å². The van der Waals surface area contributed by atoms with E-state index in [0.717, 1.165) is 38.2 Å². The summed E-state index contributed by atoms with van der Waals surface area (Å²) in [7, 11) is 2.12. The molecule has 0 spiro atoms. The number of carbonyl (C=O) groups excluding carboxylic acids is 1. The van der Waals surface area contributed by atoms with E-state index in [0.29, 0.717) is 11.8 Å². The maximum Gasteiger partial charge on any atom is 0.291 e. The number of rotatable bonds is 3. The molecular formula is C13H21N5O. The first kappa shape index (κ1) is 12.6. The van der Waals surface area contributed by atoms with Crippen molar-refractivity contribution < 1.29 is 4.79 Å². The Morgan fingerprint density at radius 2 is 2.21 bits per heavy atom. The van der Waals surface area contributed by atoms with Gasteiger partial charge in [-0.3, -0.25) is 9.89 Å². The van der Waals surface area contributed by atoms with Crippen LogP contribution in [0.15, 0.2) is 0 Å². The number of amides is 1. The molecule has 2 unspecified atom stereocenters. The lowest BCUT2D eigenvalue weighted by Crippen LogP contribution is -2.49. The molecule has 2 fully saturated rings. The number of piperidine rings is 1. The molecule has 6 heteroatoms. The number of nitrogens with zero attached hydrogens (tertiary/aromatic N) is 3. The molecule has 2 heterocycles. The highest BCUT2D eigenvalue weighted by atomic mass is 16.2. The first-order chi connectivity index (χ1) is 9.13. The molecule has 3 rings (SSSR count). The molecule has 1 aliphatic carbocycles. The molecule has 0 aromatic carbocycles. The number of hydrogen-bond acceptors (Lipinski definition) is 4. The number of carbonyl (C=O) groups is 1. The van der Waals surface area contributed by atoms with Crippen LogP contribution in [0.2, 0.25) is 0 Å². The molecule has 1 amide bonds. The van der Waals surface area contributed by atoms with Crippen molar-refractivity contribution in [1.29, 1.82) is 0 Å². The fourth-order valence-electron chi connectivity index (χ4n) is 2.72. The zero-order valence-corrected chi connectivity index (χ0v) is 11.5. The van der Waals surface area contributed by atoms with Gasteiger partial charge in [-0.15, -0.1) is 5.10 Å². The number of nitrogens with one attached hydrogen (secondary N) is 2. The third-order valence-corrected chi connectivity index (χ3v) is 4.09. The number of aromatic amines is 1. The normalized spacial score (nSPS) is 28.3. The first-order valence-electron chi connectivity index (χ1n) is 7.05. The van der Waals surface area contributed by atoms with Crippen LogP contribution in [0.3, 0.4) is 0 Å².